The molecule has 4 rings (SSSR count). The molecule has 0 spiro atoms. The van der Waals surface area contributed by atoms with Crippen molar-refractivity contribution in [2.24, 2.45) is 0 Å². The van der Waals surface area contributed by atoms with E-state index in [1.165, 1.54) is 0 Å². The van der Waals surface area contributed by atoms with E-state index in [0.29, 0.717) is 19.0 Å². The van der Waals surface area contributed by atoms with Crippen molar-refractivity contribution in [1.29, 1.82) is 0 Å². The summed E-state index contributed by atoms with van der Waals surface area (Å²) in [5, 5.41) is 4.04. The van der Waals surface area contributed by atoms with E-state index in [2.05, 4.69) is 10.1 Å². The van der Waals surface area contributed by atoms with E-state index in [4.69, 9.17) is 9.26 Å². The van der Waals surface area contributed by atoms with Crippen LogP contribution in [0.1, 0.15) is 48.4 Å². The first kappa shape index (κ1) is 15.2. The maximum Gasteiger partial charge on any atom is 0.230 e. The fourth-order valence-corrected chi connectivity index (χ4v) is 3.69. The van der Waals surface area contributed by atoms with E-state index in [9.17, 15) is 4.79 Å². The number of fused-ring (bicyclic) bond motifs is 1. The Bertz CT molecular complexity index is 743. The van der Waals surface area contributed by atoms with Crippen LogP contribution in [-0.4, -0.2) is 40.6 Å². The highest BCUT2D eigenvalue weighted by Crippen LogP contribution is 2.36. The van der Waals surface area contributed by atoms with Crippen LogP contribution in [0.2, 0.25) is 0 Å². The van der Waals surface area contributed by atoms with Crippen molar-refractivity contribution in [2.75, 3.05) is 19.7 Å². The Kier molecular flexibility index (Phi) is 3.96. The summed E-state index contributed by atoms with van der Waals surface area (Å²) < 4.78 is 10.8. The molecule has 1 aromatic heterocycles. The number of para-hydroxylation sites is 1. The fourth-order valence-electron chi connectivity index (χ4n) is 3.69. The van der Waals surface area contributed by atoms with E-state index in [1.54, 1.807) is 6.92 Å². The number of hydrogen-bond acceptors (Lipinski definition) is 5. The number of nitrogens with zero attached hydrogens (tertiary/aromatic N) is 3. The summed E-state index contributed by atoms with van der Waals surface area (Å²) in [5.41, 5.74) is 1.01. The summed E-state index contributed by atoms with van der Waals surface area (Å²) in [6.07, 6.45) is 2.69. The second-order valence-corrected chi connectivity index (χ2v) is 6.52. The summed E-state index contributed by atoms with van der Waals surface area (Å²) in [4.78, 5) is 19.4. The zero-order valence-corrected chi connectivity index (χ0v) is 13.8. The summed E-state index contributed by atoms with van der Waals surface area (Å²) in [6, 6.07) is 7.85. The predicted molar refractivity (Wildman–Crippen MR) is 86.9 cm³/mol. The van der Waals surface area contributed by atoms with Crippen LogP contribution < -0.4 is 4.74 Å². The zero-order chi connectivity index (χ0) is 16.5. The van der Waals surface area contributed by atoms with Crippen LogP contribution in [0, 0.1) is 6.92 Å². The predicted octanol–water partition coefficient (Wildman–Crippen LogP) is 2.65. The van der Waals surface area contributed by atoms with E-state index < -0.39 is 0 Å². The molecular weight excluding hydrogens is 306 g/mol. The molecule has 3 heterocycles. The summed E-state index contributed by atoms with van der Waals surface area (Å²) >= 11 is 0. The molecule has 0 bridgehead atoms. The van der Waals surface area contributed by atoms with E-state index >= 15 is 0 Å². The van der Waals surface area contributed by atoms with Gasteiger partial charge in [-0.3, -0.25) is 4.79 Å². The van der Waals surface area contributed by atoms with Gasteiger partial charge in [0.25, 0.3) is 0 Å². The van der Waals surface area contributed by atoms with Crippen molar-refractivity contribution in [3.8, 4) is 5.75 Å². The molecule has 126 valence electrons. The molecule has 1 aromatic carbocycles. The van der Waals surface area contributed by atoms with Crippen LogP contribution in [0.15, 0.2) is 28.8 Å². The Morgan fingerprint density at radius 2 is 2.17 bits per heavy atom. The molecule has 1 saturated heterocycles. The molecule has 1 fully saturated rings. The molecule has 2 aliphatic rings. The van der Waals surface area contributed by atoms with Gasteiger partial charge in [-0.05, 0) is 25.3 Å². The van der Waals surface area contributed by atoms with Gasteiger partial charge in [-0.25, -0.2) is 0 Å². The lowest BCUT2D eigenvalue weighted by Crippen LogP contribution is -2.42. The van der Waals surface area contributed by atoms with Crippen molar-refractivity contribution in [3.05, 3.63) is 41.5 Å². The fraction of sp³-hybridized carbons (Fsp3) is 0.500. The van der Waals surface area contributed by atoms with Crippen molar-refractivity contribution in [2.45, 2.75) is 38.0 Å². The highest BCUT2D eigenvalue weighted by Gasteiger charge is 2.34. The normalized spacial score (nSPS) is 23.5. The van der Waals surface area contributed by atoms with E-state index in [-0.39, 0.29) is 17.7 Å². The number of carbonyl (C=O) groups is 1. The minimum absolute atomic E-state index is 0.110. The number of rotatable bonds is 2. The minimum atomic E-state index is -0.110. The van der Waals surface area contributed by atoms with Gasteiger partial charge >= 0.3 is 0 Å². The average molecular weight is 327 g/mol. The van der Waals surface area contributed by atoms with Crippen molar-refractivity contribution in [3.63, 3.8) is 0 Å². The molecule has 0 saturated carbocycles. The number of aromatic nitrogens is 2. The third-order valence-electron chi connectivity index (χ3n) is 4.90. The highest BCUT2D eigenvalue weighted by molar-refractivity contribution is 5.85. The number of amides is 1. The van der Waals surface area contributed by atoms with Crippen LogP contribution in [-0.2, 0) is 4.79 Å². The monoisotopic (exact) mass is 327 g/mol. The minimum Gasteiger partial charge on any atom is -0.493 e. The van der Waals surface area contributed by atoms with Gasteiger partial charge in [0.15, 0.2) is 5.82 Å². The number of ether oxygens (including phenoxy) is 1. The number of piperidine rings is 1. The quantitative estimate of drug-likeness (QED) is 0.848. The number of aryl methyl sites for hydroxylation is 1. The van der Waals surface area contributed by atoms with Crippen LogP contribution in [0.3, 0.4) is 0 Å². The zero-order valence-electron chi connectivity index (χ0n) is 13.8. The van der Waals surface area contributed by atoms with Gasteiger partial charge in [-0.1, -0.05) is 23.4 Å². The van der Waals surface area contributed by atoms with Crippen molar-refractivity contribution >= 4 is 5.91 Å². The second-order valence-electron chi connectivity index (χ2n) is 6.52. The molecule has 2 aliphatic heterocycles. The smallest absolute Gasteiger partial charge is 0.230 e. The summed E-state index contributed by atoms with van der Waals surface area (Å²) in [6.45, 7) is 3.85. The van der Waals surface area contributed by atoms with E-state index in [1.807, 2.05) is 29.2 Å². The SMILES string of the molecule is Cc1nc([C@@H]2CCCN(C(=O)[C@H]3CCOc4ccccc43)C2)no1. The Hall–Kier alpha value is -2.37. The molecule has 6 heteroatoms. The molecular formula is C18H21N3O3. The Balaban J connectivity index is 1.52. The van der Waals surface area contributed by atoms with Crippen molar-refractivity contribution in [1.82, 2.24) is 15.0 Å². The highest BCUT2D eigenvalue weighted by atomic mass is 16.5. The molecule has 0 N–H and O–H groups in total. The maximum absolute atomic E-state index is 13.1. The number of hydrogen-bond donors (Lipinski definition) is 0. The van der Waals surface area contributed by atoms with Gasteiger partial charge in [0.2, 0.25) is 11.8 Å². The van der Waals surface area contributed by atoms with Crippen molar-refractivity contribution < 1.29 is 14.1 Å². The number of likely N-dealkylation sites (tertiary alicyclic amines) is 1. The Morgan fingerprint density at radius 3 is 3.00 bits per heavy atom. The van der Waals surface area contributed by atoms with Crippen LogP contribution in [0.25, 0.3) is 0 Å². The Labute approximate surface area is 140 Å². The molecule has 1 amide bonds. The van der Waals surface area contributed by atoms with Crippen LogP contribution >= 0.6 is 0 Å². The molecule has 0 aliphatic carbocycles. The number of carbonyl (C=O) groups excluding carboxylic acids is 1. The molecule has 6 nitrogen and oxygen atoms in total. The molecule has 0 unspecified atom stereocenters. The summed E-state index contributed by atoms with van der Waals surface area (Å²) in [5.74, 6) is 2.38. The molecule has 2 aromatic rings. The third kappa shape index (κ3) is 2.77. The van der Waals surface area contributed by atoms with Gasteiger partial charge in [-0.15, -0.1) is 0 Å². The lowest BCUT2D eigenvalue weighted by molar-refractivity contribution is -0.134. The topological polar surface area (TPSA) is 68.5 Å². The first-order valence-corrected chi connectivity index (χ1v) is 8.53. The van der Waals surface area contributed by atoms with Gasteiger partial charge in [0.05, 0.1) is 12.5 Å². The number of benzene rings is 1. The first-order chi connectivity index (χ1) is 11.7. The van der Waals surface area contributed by atoms with E-state index in [0.717, 1.165) is 42.9 Å². The van der Waals surface area contributed by atoms with Crippen LogP contribution in [0.5, 0.6) is 5.75 Å². The average Bonchev–Trinajstić information content (AvgIpc) is 3.07. The van der Waals surface area contributed by atoms with Gasteiger partial charge in [0, 0.05) is 31.5 Å². The third-order valence-corrected chi connectivity index (χ3v) is 4.90. The Morgan fingerprint density at radius 1 is 1.29 bits per heavy atom. The van der Waals surface area contributed by atoms with Gasteiger partial charge in [-0.2, -0.15) is 4.98 Å². The lowest BCUT2D eigenvalue weighted by Gasteiger charge is -2.35. The summed E-state index contributed by atoms with van der Waals surface area (Å²) in [7, 11) is 0. The molecule has 24 heavy (non-hydrogen) atoms. The largest absolute Gasteiger partial charge is 0.493 e. The van der Waals surface area contributed by atoms with Crippen LogP contribution in [0.4, 0.5) is 0 Å². The second kappa shape index (κ2) is 6.26. The molecule has 2 atom stereocenters. The standard InChI is InChI=1S/C18H21N3O3/c1-12-19-17(20-24-12)13-5-4-9-21(11-13)18(22)15-8-10-23-16-7-3-2-6-14(15)16/h2-3,6-7,13,15H,4-5,8-11H2,1H3/t13-,15+/m1/s1. The molecule has 0 radical (unpaired) electrons. The lowest BCUT2D eigenvalue weighted by atomic mass is 9.90. The first-order valence-electron chi connectivity index (χ1n) is 8.53. The van der Waals surface area contributed by atoms with Gasteiger partial charge < -0.3 is 14.2 Å². The maximum atomic E-state index is 13.1. The van der Waals surface area contributed by atoms with Gasteiger partial charge in [0.1, 0.15) is 5.75 Å².